The third-order valence-corrected chi connectivity index (χ3v) is 4.58. The van der Waals surface area contributed by atoms with Crippen molar-refractivity contribution in [1.29, 1.82) is 0 Å². The van der Waals surface area contributed by atoms with Crippen LogP contribution in [0.4, 0.5) is 0 Å². The third-order valence-electron chi connectivity index (χ3n) is 4.28. The maximum Gasteiger partial charge on any atom is 0.224 e. The van der Waals surface area contributed by atoms with Gasteiger partial charge < -0.3 is 10.1 Å². The molecule has 0 atom stereocenters. The fraction of sp³-hybridized carbons (Fsp3) is 0.350. The summed E-state index contributed by atoms with van der Waals surface area (Å²) >= 11 is 6.34. The molecule has 0 aliphatic heterocycles. The van der Waals surface area contributed by atoms with Crippen LogP contribution in [0, 0.1) is 13.8 Å². The van der Waals surface area contributed by atoms with E-state index in [2.05, 4.69) is 19.2 Å². The molecule has 24 heavy (non-hydrogen) atoms. The van der Waals surface area contributed by atoms with Gasteiger partial charge in [0.1, 0.15) is 12.4 Å². The zero-order valence-electron chi connectivity index (χ0n) is 14.7. The molecule has 0 radical (unpaired) electrons. The Morgan fingerprint density at radius 1 is 1.17 bits per heavy atom. The van der Waals surface area contributed by atoms with Crippen LogP contribution in [-0.2, 0) is 24.2 Å². The summed E-state index contributed by atoms with van der Waals surface area (Å²) in [5, 5.41) is 3.29. The van der Waals surface area contributed by atoms with E-state index in [9.17, 15) is 4.79 Å². The Morgan fingerprint density at radius 2 is 1.92 bits per heavy atom. The molecular formula is C20H24ClNO2. The van der Waals surface area contributed by atoms with Crippen LogP contribution in [0.3, 0.4) is 0 Å². The molecule has 4 heteroatoms. The van der Waals surface area contributed by atoms with Gasteiger partial charge in [0.15, 0.2) is 0 Å². The molecule has 0 heterocycles. The van der Waals surface area contributed by atoms with Crippen molar-refractivity contribution in [3.8, 4) is 5.75 Å². The predicted octanol–water partition coefficient (Wildman–Crippen LogP) is 4.39. The molecule has 0 aromatic heterocycles. The second-order valence-corrected chi connectivity index (χ2v) is 6.32. The van der Waals surface area contributed by atoms with E-state index in [0.29, 0.717) is 23.8 Å². The number of aryl methyl sites for hydroxylation is 3. The Morgan fingerprint density at radius 3 is 2.58 bits per heavy atom. The minimum absolute atomic E-state index is 0.0111. The molecule has 0 spiro atoms. The van der Waals surface area contributed by atoms with Crippen molar-refractivity contribution in [3.05, 3.63) is 63.2 Å². The van der Waals surface area contributed by atoms with Gasteiger partial charge in [-0.25, -0.2) is 0 Å². The lowest BCUT2D eigenvalue weighted by atomic mass is 10.00. The number of hydrogen-bond acceptors (Lipinski definition) is 2. The smallest absolute Gasteiger partial charge is 0.224 e. The molecule has 0 saturated heterocycles. The molecule has 1 N–H and O–H groups in total. The first-order valence-electron chi connectivity index (χ1n) is 8.16. The largest absolute Gasteiger partial charge is 0.487 e. The normalized spacial score (nSPS) is 10.5. The SMILES string of the molecule is CCc1cc(Cl)c(OCc2c(C)cccc2CC(=O)NC)cc1C. The van der Waals surface area contributed by atoms with Crippen LogP contribution >= 0.6 is 11.6 Å². The number of benzene rings is 2. The second kappa shape index (κ2) is 8.20. The van der Waals surface area contributed by atoms with Crippen LogP contribution in [0.5, 0.6) is 5.75 Å². The van der Waals surface area contributed by atoms with Gasteiger partial charge in [-0.2, -0.15) is 0 Å². The number of rotatable bonds is 6. The highest BCUT2D eigenvalue weighted by molar-refractivity contribution is 6.32. The summed E-state index contributed by atoms with van der Waals surface area (Å²) in [6.45, 7) is 6.59. The van der Waals surface area contributed by atoms with Crippen LogP contribution in [0.1, 0.15) is 34.7 Å². The maximum absolute atomic E-state index is 11.7. The average molecular weight is 346 g/mol. The molecule has 0 aliphatic carbocycles. The van der Waals surface area contributed by atoms with Gasteiger partial charge in [-0.1, -0.05) is 36.7 Å². The zero-order chi connectivity index (χ0) is 17.7. The number of carbonyl (C=O) groups excluding carboxylic acids is 1. The standard InChI is InChI=1S/C20H24ClNO2/c1-5-15-10-18(21)19(9-14(15)3)24-12-17-13(2)7-6-8-16(17)11-20(23)22-4/h6-10H,5,11-12H2,1-4H3,(H,22,23). The molecule has 2 aromatic carbocycles. The van der Waals surface area contributed by atoms with Crippen molar-refractivity contribution in [2.24, 2.45) is 0 Å². The van der Waals surface area contributed by atoms with E-state index in [1.807, 2.05) is 37.3 Å². The Kier molecular flexibility index (Phi) is 6.27. The van der Waals surface area contributed by atoms with Crippen LogP contribution in [0.15, 0.2) is 30.3 Å². The van der Waals surface area contributed by atoms with Gasteiger partial charge >= 0.3 is 0 Å². The van der Waals surface area contributed by atoms with E-state index in [1.165, 1.54) is 11.1 Å². The minimum atomic E-state index is -0.0111. The topological polar surface area (TPSA) is 38.3 Å². The van der Waals surface area contributed by atoms with Crippen LogP contribution in [-0.4, -0.2) is 13.0 Å². The average Bonchev–Trinajstić information content (AvgIpc) is 2.56. The van der Waals surface area contributed by atoms with Crippen molar-refractivity contribution < 1.29 is 9.53 Å². The summed E-state index contributed by atoms with van der Waals surface area (Å²) in [5.74, 6) is 0.670. The Labute approximate surface area is 149 Å². The molecule has 1 amide bonds. The minimum Gasteiger partial charge on any atom is -0.487 e. The molecule has 0 bridgehead atoms. The molecule has 0 fully saturated rings. The Hall–Kier alpha value is -2.00. The summed E-state index contributed by atoms with van der Waals surface area (Å²) < 4.78 is 5.98. The van der Waals surface area contributed by atoms with Crippen molar-refractivity contribution in [1.82, 2.24) is 5.32 Å². The Balaban J connectivity index is 2.23. The number of nitrogens with one attached hydrogen (secondary N) is 1. The van der Waals surface area contributed by atoms with Crippen molar-refractivity contribution in [2.75, 3.05) is 7.05 Å². The second-order valence-electron chi connectivity index (χ2n) is 5.91. The van der Waals surface area contributed by atoms with Gasteiger partial charge in [-0.05, 0) is 60.2 Å². The summed E-state index contributed by atoms with van der Waals surface area (Å²) in [6, 6.07) is 9.91. The van der Waals surface area contributed by atoms with Gasteiger partial charge in [0.2, 0.25) is 5.91 Å². The van der Waals surface area contributed by atoms with E-state index >= 15 is 0 Å². The van der Waals surface area contributed by atoms with E-state index in [1.54, 1.807) is 7.05 Å². The molecule has 2 rings (SSSR count). The first-order valence-corrected chi connectivity index (χ1v) is 8.53. The molecule has 0 aliphatic rings. The number of likely N-dealkylation sites (N-methyl/N-ethyl adjacent to an activating group) is 1. The first-order chi connectivity index (χ1) is 11.5. The van der Waals surface area contributed by atoms with Crippen molar-refractivity contribution >= 4 is 17.5 Å². The van der Waals surface area contributed by atoms with E-state index in [0.717, 1.165) is 23.1 Å². The number of amides is 1. The molecule has 128 valence electrons. The molecule has 0 saturated carbocycles. The highest BCUT2D eigenvalue weighted by Crippen LogP contribution is 2.30. The molecular weight excluding hydrogens is 322 g/mol. The summed E-state index contributed by atoms with van der Waals surface area (Å²) in [4.78, 5) is 11.7. The highest BCUT2D eigenvalue weighted by Gasteiger charge is 2.12. The number of halogens is 1. The van der Waals surface area contributed by atoms with Crippen LogP contribution < -0.4 is 10.1 Å². The first kappa shape index (κ1) is 18.3. The quantitative estimate of drug-likeness (QED) is 0.843. The predicted molar refractivity (Wildman–Crippen MR) is 98.8 cm³/mol. The molecule has 3 nitrogen and oxygen atoms in total. The van der Waals surface area contributed by atoms with Gasteiger partial charge in [-0.3, -0.25) is 4.79 Å². The fourth-order valence-electron chi connectivity index (χ4n) is 2.73. The molecule has 2 aromatic rings. The van der Waals surface area contributed by atoms with Crippen molar-refractivity contribution in [2.45, 2.75) is 40.2 Å². The van der Waals surface area contributed by atoms with E-state index in [4.69, 9.17) is 16.3 Å². The maximum atomic E-state index is 11.7. The van der Waals surface area contributed by atoms with E-state index in [-0.39, 0.29) is 5.91 Å². The zero-order valence-corrected chi connectivity index (χ0v) is 15.5. The highest BCUT2D eigenvalue weighted by atomic mass is 35.5. The van der Waals surface area contributed by atoms with Gasteiger partial charge in [0.25, 0.3) is 0 Å². The lowest BCUT2D eigenvalue weighted by molar-refractivity contribution is -0.119. The summed E-state index contributed by atoms with van der Waals surface area (Å²) in [5.41, 5.74) is 5.52. The third kappa shape index (κ3) is 4.30. The number of carbonyl (C=O) groups is 1. The lowest BCUT2D eigenvalue weighted by Crippen LogP contribution is -2.21. The number of ether oxygens (including phenoxy) is 1. The fourth-order valence-corrected chi connectivity index (χ4v) is 2.98. The Bertz CT molecular complexity index is 741. The summed E-state index contributed by atoms with van der Waals surface area (Å²) in [7, 11) is 1.64. The number of hydrogen-bond donors (Lipinski definition) is 1. The monoisotopic (exact) mass is 345 g/mol. The summed E-state index contributed by atoms with van der Waals surface area (Å²) in [6.07, 6.45) is 1.29. The van der Waals surface area contributed by atoms with Crippen LogP contribution in [0.2, 0.25) is 5.02 Å². The van der Waals surface area contributed by atoms with E-state index < -0.39 is 0 Å². The lowest BCUT2D eigenvalue weighted by Gasteiger charge is -2.15. The molecule has 0 unspecified atom stereocenters. The van der Waals surface area contributed by atoms with Gasteiger partial charge in [0.05, 0.1) is 11.4 Å². The van der Waals surface area contributed by atoms with Crippen LogP contribution in [0.25, 0.3) is 0 Å². The van der Waals surface area contributed by atoms with Crippen molar-refractivity contribution in [3.63, 3.8) is 0 Å². The van der Waals surface area contributed by atoms with Gasteiger partial charge in [0, 0.05) is 7.05 Å². The van der Waals surface area contributed by atoms with Gasteiger partial charge in [-0.15, -0.1) is 0 Å².